The summed E-state index contributed by atoms with van der Waals surface area (Å²) in [7, 11) is 0. The average molecular weight is 274 g/mol. The van der Waals surface area contributed by atoms with Crippen LogP contribution < -0.4 is 5.32 Å². The smallest absolute Gasteiger partial charge is 0.325 e. The van der Waals surface area contributed by atoms with Crippen LogP contribution in [0.3, 0.4) is 0 Å². The van der Waals surface area contributed by atoms with Crippen LogP contribution in [0.4, 0.5) is 0 Å². The Kier molecular flexibility index (Phi) is 3.61. The molecule has 0 aliphatic carbocycles. The van der Waals surface area contributed by atoms with E-state index in [2.05, 4.69) is 5.32 Å². The zero-order valence-electron chi connectivity index (χ0n) is 9.34. The summed E-state index contributed by atoms with van der Waals surface area (Å²) in [6.45, 7) is 2.01. The normalized spacial score (nSPS) is 23.2. The second kappa shape index (κ2) is 4.84. The molecule has 1 aromatic carbocycles. The Morgan fingerprint density at radius 1 is 1.53 bits per heavy atom. The Morgan fingerprint density at radius 2 is 2.24 bits per heavy atom. The molecule has 92 valence electrons. The van der Waals surface area contributed by atoms with Gasteiger partial charge in [-0.3, -0.25) is 10.1 Å². The minimum absolute atomic E-state index is 0.125. The molecule has 1 aliphatic heterocycles. The van der Waals surface area contributed by atoms with Gasteiger partial charge in [0.2, 0.25) is 0 Å². The van der Waals surface area contributed by atoms with E-state index in [1.807, 2.05) is 6.92 Å². The van der Waals surface area contributed by atoms with Gasteiger partial charge in [0.05, 0.1) is 10.0 Å². The highest BCUT2D eigenvalue weighted by Crippen LogP contribution is 2.35. The van der Waals surface area contributed by atoms with Gasteiger partial charge < -0.3 is 5.11 Å². The zero-order chi connectivity index (χ0) is 12.6. The standard InChI is InChI=1S/C12H13Cl2NO2/c1-2-6-5-8-7(11(15-6)12(16)17)3-4-9(13)10(8)14/h3-4,6,11,15H,2,5H2,1H3,(H,16,17). The van der Waals surface area contributed by atoms with E-state index in [1.165, 1.54) is 0 Å². The van der Waals surface area contributed by atoms with Crippen LogP contribution in [0.2, 0.25) is 10.0 Å². The minimum atomic E-state index is -0.886. The van der Waals surface area contributed by atoms with E-state index in [9.17, 15) is 9.90 Å². The van der Waals surface area contributed by atoms with Gasteiger partial charge in [-0.05, 0) is 30.0 Å². The molecule has 0 radical (unpaired) electrons. The Balaban J connectivity index is 2.52. The lowest BCUT2D eigenvalue weighted by atomic mass is 9.89. The van der Waals surface area contributed by atoms with Crippen molar-refractivity contribution in [2.75, 3.05) is 0 Å². The molecule has 17 heavy (non-hydrogen) atoms. The molecule has 3 nitrogen and oxygen atoms in total. The number of nitrogens with one attached hydrogen (secondary N) is 1. The second-order valence-electron chi connectivity index (χ2n) is 4.18. The number of fused-ring (bicyclic) bond motifs is 1. The molecule has 1 heterocycles. The first kappa shape index (κ1) is 12.7. The van der Waals surface area contributed by atoms with Crippen molar-refractivity contribution in [3.8, 4) is 0 Å². The first-order valence-electron chi connectivity index (χ1n) is 5.50. The second-order valence-corrected chi connectivity index (χ2v) is 4.96. The number of hydrogen-bond donors (Lipinski definition) is 2. The summed E-state index contributed by atoms with van der Waals surface area (Å²) in [5.74, 6) is -0.886. The quantitative estimate of drug-likeness (QED) is 0.871. The fraction of sp³-hybridized carbons (Fsp3) is 0.417. The van der Waals surface area contributed by atoms with E-state index in [4.69, 9.17) is 23.2 Å². The van der Waals surface area contributed by atoms with Crippen LogP contribution in [-0.2, 0) is 11.2 Å². The number of carboxylic acid groups (broad SMARTS) is 1. The lowest BCUT2D eigenvalue weighted by molar-refractivity contribution is -0.140. The molecule has 1 aromatic rings. The van der Waals surface area contributed by atoms with Crippen molar-refractivity contribution < 1.29 is 9.90 Å². The summed E-state index contributed by atoms with van der Waals surface area (Å²) in [6.07, 6.45) is 1.57. The van der Waals surface area contributed by atoms with Crippen LogP contribution in [0.25, 0.3) is 0 Å². The molecule has 2 rings (SSSR count). The van der Waals surface area contributed by atoms with Crippen LogP contribution in [0, 0.1) is 0 Å². The van der Waals surface area contributed by atoms with E-state index in [0.29, 0.717) is 10.0 Å². The summed E-state index contributed by atoms with van der Waals surface area (Å²) in [5.41, 5.74) is 1.58. The summed E-state index contributed by atoms with van der Waals surface area (Å²) in [5, 5.41) is 13.3. The monoisotopic (exact) mass is 273 g/mol. The topological polar surface area (TPSA) is 49.3 Å². The summed E-state index contributed by atoms with van der Waals surface area (Å²) in [6, 6.07) is 2.81. The van der Waals surface area contributed by atoms with Crippen molar-refractivity contribution >= 4 is 29.2 Å². The van der Waals surface area contributed by atoms with Gasteiger partial charge in [-0.25, -0.2) is 0 Å². The molecule has 0 aromatic heterocycles. The SMILES string of the molecule is CCC1Cc2c(ccc(Cl)c2Cl)C(C(=O)O)N1. The fourth-order valence-corrected chi connectivity index (χ4v) is 2.61. The van der Waals surface area contributed by atoms with Crippen molar-refractivity contribution in [1.29, 1.82) is 0 Å². The van der Waals surface area contributed by atoms with E-state index in [0.717, 1.165) is 24.0 Å². The first-order valence-corrected chi connectivity index (χ1v) is 6.25. The molecule has 0 bridgehead atoms. The van der Waals surface area contributed by atoms with E-state index in [1.54, 1.807) is 12.1 Å². The number of rotatable bonds is 2. The molecule has 2 atom stereocenters. The lowest BCUT2D eigenvalue weighted by Crippen LogP contribution is -2.42. The molecular formula is C12H13Cl2NO2. The number of carboxylic acids is 1. The molecule has 2 unspecified atom stereocenters. The van der Waals surface area contributed by atoms with Crippen molar-refractivity contribution in [1.82, 2.24) is 5.32 Å². The highest BCUT2D eigenvalue weighted by atomic mass is 35.5. The predicted molar refractivity (Wildman–Crippen MR) is 67.8 cm³/mol. The third-order valence-electron chi connectivity index (χ3n) is 3.14. The minimum Gasteiger partial charge on any atom is -0.480 e. The van der Waals surface area contributed by atoms with Crippen LogP contribution in [0.1, 0.15) is 30.5 Å². The summed E-state index contributed by atoms with van der Waals surface area (Å²) in [4.78, 5) is 11.2. The first-order chi connectivity index (χ1) is 8.04. The molecule has 0 spiro atoms. The van der Waals surface area contributed by atoms with Crippen LogP contribution in [0.15, 0.2) is 12.1 Å². The van der Waals surface area contributed by atoms with Gasteiger partial charge in [-0.2, -0.15) is 0 Å². The number of carbonyl (C=O) groups is 1. The largest absolute Gasteiger partial charge is 0.480 e. The predicted octanol–water partition coefficient (Wildman–Crippen LogP) is 3.04. The van der Waals surface area contributed by atoms with Crippen molar-refractivity contribution in [3.05, 3.63) is 33.3 Å². The molecule has 5 heteroatoms. The third-order valence-corrected chi connectivity index (χ3v) is 3.98. The maximum Gasteiger partial charge on any atom is 0.325 e. The summed E-state index contributed by atoms with van der Waals surface area (Å²) >= 11 is 12.1. The van der Waals surface area contributed by atoms with Crippen LogP contribution in [0.5, 0.6) is 0 Å². The van der Waals surface area contributed by atoms with Crippen molar-refractivity contribution in [2.24, 2.45) is 0 Å². The van der Waals surface area contributed by atoms with Crippen LogP contribution in [-0.4, -0.2) is 17.1 Å². The van der Waals surface area contributed by atoms with Gasteiger partial charge in [0.25, 0.3) is 0 Å². The van der Waals surface area contributed by atoms with E-state index >= 15 is 0 Å². The Morgan fingerprint density at radius 3 is 2.82 bits per heavy atom. The van der Waals surface area contributed by atoms with E-state index < -0.39 is 12.0 Å². The molecule has 0 amide bonds. The number of aliphatic carboxylic acids is 1. The lowest BCUT2D eigenvalue weighted by Gasteiger charge is -2.31. The maximum atomic E-state index is 11.2. The Labute approximate surface area is 110 Å². The number of benzene rings is 1. The number of hydrogen-bond acceptors (Lipinski definition) is 2. The van der Waals surface area contributed by atoms with Gasteiger partial charge in [0.1, 0.15) is 6.04 Å². The van der Waals surface area contributed by atoms with Gasteiger partial charge in [-0.1, -0.05) is 36.2 Å². The Bertz CT molecular complexity index is 462. The molecule has 0 saturated heterocycles. The number of halogens is 2. The highest BCUT2D eigenvalue weighted by molar-refractivity contribution is 6.42. The Hall–Kier alpha value is -0.770. The zero-order valence-corrected chi connectivity index (χ0v) is 10.8. The van der Waals surface area contributed by atoms with Gasteiger partial charge in [0, 0.05) is 6.04 Å². The third kappa shape index (κ3) is 2.28. The van der Waals surface area contributed by atoms with Gasteiger partial charge in [0.15, 0.2) is 0 Å². The van der Waals surface area contributed by atoms with Crippen molar-refractivity contribution in [3.63, 3.8) is 0 Å². The maximum absolute atomic E-state index is 11.2. The summed E-state index contributed by atoms with van der Waals surface area (Å²) < 4.78 is 0. The molecule has 1 aliphatic rings. The van der Waals surface area contributed by atoms with Crippen LogP contribution >= 0.6 is 23.2 Å². The van der Waals surface area contributed by atoms with Gasteiger partial charge >= 0.3 is 5.97 Å². The highest BCUT2D eigenvalue weighted by Gasteiger charge is 2.31. The van der Waals surface area contributed by atoms with E-state index in [-0.39, 0.29) is 6.04 Å². The fourth-order valence-electron chi connectivity index (χ4n) is 2.18. The molecule has 0 saturated carbocycles. The molecular weight excluding hydrogens is 261 g/mol. The van der Waals surface area contributed by atoms with Gasteiger partial charge in [-0.15, -0.1) is 0 Å². The van der Waals surface area contributed by atoms with Crippen molar-refractivity contribution in [2.45, 2.75) is 31.8 Å². The average Bonchev–Trinajstić information content (AvgIpc) is 2.32. The molecule has 0 fully saturated rings. The molecule has 2 N–H and O–H groups in total.